The largest absolute Gasteiger partial charge is 0.385 e. The number of nitrogens with one attached hydrogen (secondary N) is 1. The Morgan fingerprint density at radius 1 is 1.29 bits per heavy atom. The smallest absolute Gasteiger partial charge is 0.0506 e. The monoisotopic (exact) mass is 201 g/mol. The Balaban J connectivity index is 1.82. The molecule has 0 bridgehead atoms. The molecule has 1 aliphatic heterocycles. The summed E-state index contributed by atoms with van der Waals surface area (Å²) < 4.78 is 10.6. The number of rotatable bonds is 7. The average molecular weight is 201 g/mol. The molecule has 3 heteroatoms. The van der Waals surface area contributed by atoms with Crippen molar-refractivity contribution in [3.63, 3.8) is 0 Å². The first-order valence-corrected chi connectivity index (χ1v) is 5.71. The Labute approximate surface area is 87.2 Å². The maximum atomic E-state index is 5.62. The minimum absolute atomic E-state index is 0.742. The van der Waals surface area contributed by atoms with Crippen LogP contribution < -0.4 is 5.32 Å². The van der Waals surface area contributed by atoms with Gasteiger partial charge in [0.1, 0.15) is 0 Å². The molecule has 1 atom stereocenters. The fraction of sp³-hybridized carbons (Fsp3) is 1.00. The summed E-state index contributed by atoms with van der Waals surface area (Å²) in [7, 11) is 1.74. The number of hydrogen-bond donors (Lipinski definition) is 1. The van der Waals surface area contributed by atoms with Gasteiger partial charge in [0.15, 0.2) is 0 Å². The van der Waals surface area contributed by atoms with Crippen molar-refractivity contribution in [1.29, 1.82) is 0 Å². The lowest BCUT2D eigenvalue weighted by Crippen LogP contribution is -2.32. The molecule has 0 amide bonds. The molecule has 0 aliphatic carbocycles. The fourth-order valence-electron chi connectivity index (χ4n) is 1.77. The van der Waals surface area contributed by atoms with Gasteiger partial charge in [-0.25, -0.2) is 0 Å². The molecule has 0 aromatic carbocycles. The van der Waals surface area contributed by atoms with Crippen LogP contribution in [-0.4, -0.2) is 40.0 Å². The van der Waals surface area contributed by atoms with Gasteiger partial charge in [0.2, 0.25) is 0 Å². The van der Waals surface area contributed by atoms with Gasteiger partial charge in [0.25, 0.3) is 0 Å². The van der Waals surface area contributed by atoms with E-state index in [-0.39, 0.29) is 0 Å². The van der Waals surface area contributed by atoms with Crippen LogP contribution in [0.5, 0.6) is 0 Å². The normalized spacial score (nSPS) is 22.5. The highest BCUT2D eigenvalue weighted by molar-refractivity contribution is 4.67. The molecule has 1 heterocycles. The molecular weight excluding hydrogens is 178 g/mol. The van der Waals surface area contributed by atoms with Crippen LogP contribution in [0.2, 0.25) is 0 Å². The van der Waals surface area contributed by atoms with E-state index in [9.17, 15) is 0 Å². The Morgan fingerprint density at radius 2 is 2.14 bits per heavy atom. The molecule has 1 aliphatic rings. The van der Waals surface area contributed by atoms with Crippen molar-refractivity contribution in [3.8, 4) is 0 Å². The first-order valence-electron chi connectivity index (χ1n) is 5.71. The van der Waals surface area contributed by atoms with Gasteiger partial charge >= 0.3 is 0 Å². The van der Waals surface area contributed by atoms with E-state index in [0.29, 0.717) is 0 Å². The lowest BCUT2D eigenvalue weighted by Gasteiger charge is -2.22. The number of piperidine rings is 1. The molecule has 0 saturated carbocycles. The molecule has 1 fully saturated rings. The second kappa shape index (κ2) is 8.21. The van der Waals surface area contributed by atoms with Crippen molar-refractivity contribution in [3.05, 3.63) is 0 Å². The van der Waals surface area contributed by atoms with E-state index in [4.69, 9.17) is 9.47 Å². The SMILES string of the molecule is COCCCCOCC1CCCNC1. The standard InChI is InChI=1S/C11H23NO2/c1-13-7-2-3-8-14-10-11-5-4-6-12-9-11/h11-12H,2-10H2,1H3. The molecule has 1 N–H and O–H groups in total. The molecule has 0 radical (unpaired) electrons. The van der Waals surface area contributed by atoms with Gasteiger partial charge in [-0.15, -0.1) is 0 Å². The van der Waals surface area contributed by atoms with Crippen molar-refractivity contribution >= 4 is 0 Å². The molecule has 14 heavy (non-hydrogen) atoms. The molecule has 84 valence electrons. The van der Waals surface area contributed by atoms with Gasteiger partial charge in [-0.1, -0.05) is 0 Å². The van der Waals surface area contributed by atoms with E-state index >= 15 is 0 Å². The van der Waals surface area contributed by atoms with E-state index < -0.39 is 0 Å². The molecule has 3 nitrogen and oxygen atoms in total. The third kappa shape index (κ3) is 5.58. The molecule has 0 aromatic heterocycles. The van der Waals surface area contributed by atoms with Crippen molar-refractivity contribution in [2.75, 3.05) is 40.0 Å². The van der Waals surface area contributed by atoms with E-state index in [2.05, 4.69) is 5.32 Å². The predicted octanol–water partition coefficient (Wildman–Crippen LogP) is 1.43. The minimum atomic E-state index is 0.742. The number of methoxy groups -OCH3 is 1. The minimum Gasteiger partial charge on any atom is -0.385 e. The molecule has 0 spiro atoms. The second-order valence-corrected chi connectivity index (χ2v) is 3.99. The molecular formula is C11H23NO2. The van der Waals surface area contributed by atoms with Crippen molar-refractivity contribution in [1.82, 2.24) is 5.32 Å². The first-order chi connectivity index (χ1) is 6.93. The Bertz CT molecular complexity index is 124. The zero-order valence-electron chi connectivity index (χ0n) is 9.26. The summed E-state index contributed by atoms with van der Waals surface area (Å²) in [6.45, 7) is 5.00. The highest BCUT2D eigenvalue weighted by Gasteiger charge is 2.12. The van der Waals surface area contributed by atoms with Gasteiger partial charge in [-0.05, 0) is 38.1 Å². The van der Waals surface area contributed by atoms with Crippen LogP contribution in [-0.2, 0) is 9.47 Å². The molecule has 0 aromatic rings. The van der Waals surface area contributed by atoms with Gasteiger partial charge in [-0.3, -0.25) is 0 Å². The summed E-state index contributed by atoms with van der Waals surface area (Å²) in [6, 6.07) is 0. The van der Waals surface area contributed by atoms with Crippen LogP contribution in [0.15, 0.2) is 0 Å². The second-order valence-electron chi connectivity index (χ2n) is 3.99. The summed E-state index contributed by atoms with van der Waals surface area (Å²) in [5.74, 6) is 0.742. The van der Waals surface area contributed by atoms with Crippen LogP contribution in [0.25, 0.3) is 0 Å². The third-order valence-corrected chi connectivity index (χ3v) is 2.64. The summed E-state index contributed by atoms with van der Waals surface area (Å²) in [5, 5.41) is 3.40. The quantitative estimate of drug-likeness (QED) is 0.632. The van der Waals surface area contributed by atoms with Crippen LogP contribution >= 0.6 is 0 Å². The number of hydrogen-bond acceptors (Lipinski definition) is 3. The predicted molar refractivity (Wildman–Crippen MR) is 57.5 cm³/mol. The Hall–Kier alpha value is -0.120. The number of ether oxygens (including phenoxy) is 2. The molecule has 1 saturated heterocycles. The summed E-state index contributed by atoms with van der Waals surface area (Å²) in [5.41, 5.74) is 0. The zero-order valence-corrected chi connectivity index (χ0v) is 9.26. The van der Waals surface area contributed by atoms with Gasteiger partial charge in [-0.2, -0.15) is 0 Å². The average Bonchev–Trinajstić information content (AvgIpc) is 2.25. The third-order valence-electron chi connectivity index (χ3n) is 2.64. The van der Waals surface area contributed by atoms with Crippen molar-refractivity contribution < 1.29 is 9.47 Å². The highest BCUT2D eigenvalue weighted by Crippen LogP contribution is 2.10. The van der Waals surface area contributed by atoms with E-state index in [0.717, 1.165) is 45.1 Å². The van der Waals surface area contributed by atoms with Gasteiger partial charge in [0.05, 0.1) is 6.61 Å². The summed E-state index contributed by atoms with van der Waals surface area (Å²) in [6.07, 6.45) is 4.86. The lowest BCUT2D eigenvalue weighted by molar-refractivity contribution is 0.0820. The lowest BCUT2D eigenvalue weighted by atomic mass is 10.0. The van der Waals surface area contributed by atoms with E-state index in [1.54, 1.807) is 7.11 Å². The fourth-order valence-corrected chi connectivity index (χ4v) is 1.77. The van der Waals surface area contributed by atoms with Crippen LogP contribution in [0.1, 0.15) is 25.7 Å². The zero-order chi connectivity index (χ0) is 10.1. The van der Waals surface area contributed by atoms with E-state index in [1.807, 2.05) is 0 Å². The first kappa shape index (κ1) is 12.0. The highest BCUT2D eigenvalue weighted by atomic mass is 16.5. The van der Waals surface area contributed by atoms with E-state index in [1.165, 1.54) is 19.4 Å². The van der Waals surface area contributed by atoms with Crippen LogP contribution in [0.3, 0.4) is 0 Å². The number of unbranched alkanes of at least 4 members (excludes halogenated alkanes) is 1. The summed E-state index contributed by atoms with van der Waals surface area (Å²) in [4.78, 5) is 0. The Kier molecular flexibility index (Phi) is 7.01. The summed E-state index contributed by atoms with van der Waals surface area (Å²) >= 11 is 0. The Morgan fingerprint density at radius 3 is 2.86 bits per heavy atom. The molecule has 1 rings (SSSR count). The van der Waals surface area contributed by atoms with Gasteiger partial charge in [0, 0.05) is 26.9 Å². The van der Waals surface area contributed by atoms with Crippen LogP contribution in [0.4, 0.5) is 0 Å². The van der Waals surface area contributed by atoms with Crippen molar-refractivity contribution in [2.45, 2.75) is 25.7 Å². The molecule has 1 unspecified atom stereocenters. The van der Waals surface area contributed by atoms with Crippen LogP contribution in [0, 0.1) is 5.92 Å². The topological polar surface area (TPSA) is 30.5 Å². The maximum absolute atomic E-state index is 5.62. The van der Waals surface area contributed by atoms with Crippen molar-refractivity contribution in [2.24, 2.45) is 5.92 Å². The van der Waals surface area contributed by atoms with Gasteiger partial charge < -0.3 is 14.8 Å². The maximum Gasteiger partial charge on any atom is 0.0506 e.